The second-order valence-corrected chi connectivity index (χ2v) is 6.03. The van der Waals surface area contributed by atoms with Gasteiger partial charge >= 0.3 is 0 Å². The number of hydrogen-bond donors (Lipinski definition) is 2. The summed E-state index contributed by atoms with van der Waals surface area (Å²) in [6.45, 7) is 0.497. The number of halogens is 1. The molecule has 0 unspecified atom stereocenters. The lowest BCUT2D eigenvalue weighted by Crippen LogP contribution is -2.31. The summed E-state index contributed by atoms with van der Waals surface area (Å²) in [4.78, 5) is 23.3. The Morgan fingerprint density at radius 1 is 1.04 bits per heavy atom. The average molecular weight is 388 g/mol. The fourth-order valence-corrected chi connectivity index (χ4v) is 2.42. The van der Waals surface area contributed by atoms with Gasteiger partial charge in [0, 0.05) is 11.0 Å². The van der Waals surface area contributed by atoms with E-state index in [1.54, 1.807) is 0 Å². The summed E-state index contributed by atoms with van der Waals surface area (Å²) in [5, 5.41) is 6.56. The summed E-state index contributed by atoms with van der Waals surface area (Å²) in [5.74, 6) is -0.764. The number of amides is 2. The molecule has 24 heavy (non-hydrogen) atoms. The molecule has 5 nitrogen and oxygen atoms in total. The van der Waals surface area contributed by atoms with Crippen LogP contribution >= 0.6 is 15.9 Å². The molecule has 124 valence electrons. The second-order valence-electron chi connectivity index (χ2n) is 5.11. The van der Waals surface area contributed by atoms with E-state index >= 15 is 0 Å². The predicted molar refractivity (Wildman–Crippen MR) is 97.7 cm³/mol. The van der Waals surface area contributed by atoms with Crippen LogP contribution in [0.15, 0.2) is 64.2 Å². The Morgan fingerprint density at radius 2 is 1.83 bits per heavy atom. The van der Waals surface area contributed by atoms with Crippen molar-refractivity contribution in [1.29, 1.82) is 0 Å². The predicted octanol–water partition coefficient (Wildman–Crippen LogP) is 2.65. The minimum atomic E-state index is -0.446. The SMILES string of the molecule is O=C(CC(=O)N/N=C\c1cccc(Br)c1)NCCc1ccccc1. The Morgan fingerprint density at radius 3 is 2.58 bits per heavy atom. The molecule has 0 aliphatic heterocycles. The van der Waals surface area contributed by atoms with Crippen molar-refractivity contribution in [2.45, 2.75) is 12.8 Å². The molecule has 0 radical (unpaired) electrons. The summed E-state index contributed by atoms with van der Waals surface area (Å²) >= 11 is 3.35. The molecule has 0 aliphatic rings. The van der Waals surface area contributed by atoms with Gasteiger partial charge in [0.25, 0.3) is 0 Å². The summed E-state index contributed by atoms with van der Waals surface area (Å²) < 4.78 is 0.926. The van der Waals surface area contributed by atoms with Gasteiger partial charge in [-0.3, -0.25) is 9.59 Å². The zero-order valence-corrected chi connectivity index (χ0v) is 14.6. The minimum Gasteiger partial charge on any atom is -0.355 e. The number of carbonyl (C=O) groups excluding carboxylic acids is 2. The molecule has 0 bridgehead atoms. The van der Waals surface area contributed by atoms with Crippen molar-refractivity contribution in [3.8, 4) is 0 Å². The van der Waals surface area contributed by atoms with Gasteiger partial charge in [-0.2, -0.15) is 5.10 Å². The summed E-state index contributed by atoms with van der Waals surface area (Å²) in [6, 6.07) is 17.3. The third kappa shape index (κ3) is 6.75. The first kappa shape index (κ1) is 17.9. The van der Waals surface area contributed by atoms with E-state index < -0.39 is 5.91 Å². The van der Waals surface area contributed by atoms with Crippen LogP contribution in [0, 0.1) is 0 Å². The molecule has 0 fully saturated rings. The molecular weight excluding hydrogens is 370 g/mol. The van der Waals surface area contributed by atoms with Gasteiger partial charge in [0.15, 0.2) is 0 Å². The quantitative estimate of drug-likeness (QED) is 0.435. The monoisotopic (exact) mass is 387 g/mol. The molecule has 0 atom stereocenters. The highest BCUT2D eigenvalue weighted by Gasteiger charge is 2.07. The van der Waals surface area contributed by atoms with Crippen LogP contribution in [0.25, 0.3) is 0 Å². The molecule has 0 aliphatic carbocycles. The third-order valence-corrected chi connectivity index (χ3v) is 3.64. The molecule has 0 saturated heterocycles. The van der Waals surface area contributed by atoms with Crippen LogP contribution in [-0.4, -0.2) is 24.6 Å². The number of nitrogens with zero attached hydrogens (tertiary/aromatic N) is 1. The largest absolute Gasteiger partial charge is 0.355 e. The summed E-state index contributed by atoms with van der Waals surface area (Å²) in [7, 11) is 0. The molecule has 0 heterocycles. The van der Waals surface area contributed by atoms with Crippen LogP contribution in [-0.2, 0) is 16.0 Å². The van der Waals surface area contributed by atoms with E-state index in [1.807, 2.05) is 54.6 Å². The number of nitrogens with one attached hydrogen (secondary N) is 2. The van der Waals surface area contributed by atoms with Crippen molar-refractivity contribution >= 4 is 34.0 Å². The maximum absolute atomic E-state index is 11.7. The van der Waals surface area contributed by atoms with Gasteiger partial charge in [-0.05, 0) is 29.7 Å². The molecule has 2 aromatic rings. The molecule has 2 N–H and O–H groups in total. The Kier molecular flexibility index (Phi) is 7.17. The van der Waals surface area contributed by atoms with Crippen molar-refractivity contribution in [1.82, 2.24) is 10.7 Å². The van der Waals surface area contributed by atoms with E-state index in [1.165, 1.54) is 6.21 Å². The molecule has 6 heteroatoms. The normalized spacial score (nSPS) is 10.5. The van der Waals surface area contributed by atoms with Crippen molar-refractivity contribution in [2.24, 2.45) is 5.10 Å². The highest BCUT2D eigenvalue weighted by molar-refractivity contribution is 9.10. The van der Waals surface area contributed by atoms with Crippen LogP contribution in [0.1, 0.15) is 17.5 Å². The van der Waals surface area contributed by atoms with Crippen molar-refractivity contribution in [3.63, 3.8) is 0 Å². The van der Waals surface area contributed by atoms with Crippen molar-refractivity contribution in [3.05, 3.63) is 70.2 Å². The van der Waals surface area contributed by atoms with Gasteiger partial charge in [-0.15, -0.1) is 0 Å². The Hall–Kier alpha value is -2.47. The highest BCUT2D eigenvalue weighted by Crippen LogP contribution is 2.09. The zero-order chi connectivity index (χ0) is 17.2. The minimum absolute atomic E-state index is 0.245. The molecular formula is C18H18BrN3O2. The Balaban J connectivity index is 1.67. The third-order valence-electron chi connectivity index (χ3n) is 3.15. The van der Waals surface area contributed by atoms with Gasteiger partial charge in [0.2, 0.25) is 11.8 Å². The van der Waals surface area contributed by atoms with Crippen LogP contribution in [0.5, 0.6) is 0 Å². The Bertz CT molecular complexity index is 717. The first-order valence-corrected chi connectivity index (χ1v) is 8.31. The van der Waals surface area contributed by atoms with Crippen LogP contribution in [0.3, 0.4) is 0 Å². The van der Waals surface area contributed by atoms with Gasteiger partial charge in [-0.1, -0.05) is 58.4 Å². The highest BCUT2D eigenvalue weighted by atomic mass is 79.9. The van der Waals surface area contributed by atoms with E-state index in [9.17, 15) is 9.59 Å². The summed E-state index contributed by atoms with van der Waals surface area (Å²) in [5.41, 5.74) is 4.33. The van der Waals surface area contributed by atoms with Gasteiger partial charge in [-0.25, -0.2) is 5.43 Å². The average Bonchev–Trinajstić information content (AvgIpc) is 2.56. The molecule has 0 aromatic heterocycles. The topological polar surface area (TPSA) is 70.6 Å². The first-order valence-electron chi connectivity index (χ1n) is 7.51. The number of rotatable bonds is 7. The maximum Gasteiger partial charge on any atom is 0.249 e. The van der Waals surface area contributed by atoms with Gasteiger partial charge < -0.3 is 5.32 Å². The van der Waals surface area contributed by atoms with Gasteiger partial charge in [0.05, 0.1) is 6.21 Å². The fraction of sp³-hybridized carbons (Fsp3) is 0.167. The maximum atomic E-state index is 11.7. The number of carbonyl (C=O) groups is 2. The first-order chi connectivity index (χ1) is 11.6. The lowest BCUT2D eigenvalue weighted by Gasteiger charge is -2.04. The van der Waals surface area contributed by atoms with Crippen LogP contribution in [0.2, 0.25) is 0 Å². The van der Waals surface area contributed by atoms with Crippen molar-refractivity contribution < 1.29 is 9.59 Å². The van der Waals surface area contributed by atoms with E-state index in [4.69, 9.17) is 0 Å². The van der Waals surface area contributed by atoms with E-state index in [0.29, 0.717) is 6.54 Å². The second kappa shape index (κ2) is 9.62. The fourth-order valence-electron chi connectivity index (χ4n) is 2.00. The molecule has 0 saturated carbocycles. The lowest BCUT2D eigenvalue weighted by atomic mass is 10.1. The number of hydrogen-bond acceptors (Lipinski definition) is 3. The molecule has 2 amide bonds. The lowest BCUT2D eigenvalue weighted by molar-refractivity contribution is -0.129. The molecule has 2 aromatic carbocycles. The molecule has 2 rings (SSSR count). The molecule has 0 spiro atoms. The van der Waals surface area contributed by atoms with E-state index in [-0.39, 0.29) is 12.3 Å². The van der Waals surface area contributed by atoms with Gasteiger partial charge in [0.1, 0.15) is 6.42 Å². The summed E-state index contributed by atoms with van der Waals surface area (Å²) in [6.07, 6.45) is 2.01. The zero-order valence-electron chi connectivity index (χ0n) is 13.0. The van der Waals surface area contributed by atoms with E-state index in [0.717, 1.165) is 22.0 Å². The van der Waals surface area contributed by atoms with Crippen LogP contribution < -0.4 is 10.7 Å². The van der Waals surface area contributed by atoms with Crippen molar-refractivity contribution in [2.75, 3.05) is 6.54 Å². The number of benzene rings is 2. The van der Waals surface area contributed by atoms with Crippen LogP contribution in [0.4, 0.5) is 0 Å². The smallest absolute Gasteiger partial charge is 0.249 e. The van der Waals surface area contributed by atoms with E-state index in [2.05, 4.69) is 31.8 Å². The standard InChI is InChI=1S/C18H18BrN3O2/c19-16-8-4-7-15(11-16)13-21-22-18(24)12-17(23)20-10-9-14-5-2-1-3-6-14/h1-8,11,13H,9-10,12H2,(H,20,23)(H,22,24)/b21-13-. The Labute approximate surface area is 149 Å². The number of hydrazone groups is 1.